The summed E-state index contributed by atoms with van der Waals surface area (Å²) in [4.78, 5) is 12.1. The molecule has 2 aliphatic rings. The first-order chi connectivity index (χ1) is 9.51. The van der Waals surface area contributed by atoms with Crippen LogP contribution in [0.3, 0.4) is 0 Å². The highest BCUT2D eigenvalue weighted by molar-refractivity contribution is 6.37. The van der Waals surface area contributed by atoms with Gasteiger partial charge in [-0.2, -0.15) is 10.4 Å². The molecule has 5 heteroatoms. The Morgan fingerprint density at radius 1 is 1.50 bits per heavy atom. The lowest BCUT2D eigenvalue weighted by molar-refractivity contribution is -0.147. The number of nitrogens with one attached hydrogen (secondary N) is 1. The Labute approximate surface area is 120 Å². The minimum absolute atomic E-state index is 0.0184. The van der Waals surface area contributed by atoms with Gasteiger partial charge in [0.25, 0.3) is 0 Å². The third-order valence-electron chi connectivity index (χ3n) is 4.36. The van der Waals surface area contributed by atoms with E-state index in [4.69, 9.17) is 10.00 Å². The number of esters is 1. The Kier molecular flexibility index (Phi) is 4.64. The second kappa shape index (κ2) is 6.25. The van der Waals surface area contributed by atoms with Crippen LogP contribution in [0.2, 0.25) is 0 Å². The van der Waals surface area contributed by atoms with Crippen molar-refractivity contribution in [3.63, 3.8) is 0 Å². The van der Waals surface area contributed by atoms with Crippen molar-refractivity contribution in [2.45, 2.75) is 58.6 Å². The second-order valence-electron chi connectivity index (χ2n) is 6.34. The molecule has 0 aromatic carbocycles. The summed E-state index contributed by atoms with van der Waals surface area (Å²) in [6.45, 7) is 6.57. The Balaban J connectivity index is 1.96. The molecule has 1 N–H and O–H groups in total. The quantitative estimate of drug-likeness (QED) is 0.803. The van der Waals surface area contributed by atoms with Gasteiger partial charge in [-0.1, -0.05) is 27.2 Å². The highest BCUT2D eigenvalue weighted by Gasteiger charge is 2.35. The van der Waals surface area contributed by atoms with Crippen molar-refractivity contribution >= 4 is 11.7 Å². The Morgan fingerprint density at radius 2 is 2.25 bits per heavy atom. The number of carbonyl (C=O) groups is 1. The summed E-state index contributed by atoms with van der Waals surface area (Å²) in [5.74, 6) is 1.17. The third-order valence-corrected chi connectivity index (χ3v) is 4.36. The topological polar surface area (TPSA) is 74.5 Å². The standard InChI is InChI=1S/C15H23N3O2/c1-9(2)12-5-4-10(3)6-14(12)20-15(19)13-7-11(8-16)17-18-13/h9-12,14,17H,4-7H2,1-3H3/t10-,11-,12+,14-/m1/s1. The fraction of sp³-hybridized carbons (Fsp3) is 0.800. The Bertz CT molecular complexity index is 439. The van der Waals surface area contributed by atoms with E-state index in [1.54, 1.807) is 0 Å². The van der Waals surface area contributed by atoms with Crippen LogP contribution in [0.25, 0.3) is 0 Å². The van der Waals surface area contributed by atoms with Crippen LogP contribution in [0.5, 0.6) is 0 Å². The van der Waals surface area contributed by atoms with Crippen molar-refractivity contribution in [2.75, 3.05) is 0 Å². The zero-order chi connectivity index (χ0) is 14.7. The number of rotatable bonds is 3. The first-order valence-electron chi connectivity index (χ1n) is 7.44. The number of nitriles is 1. The van der Waals surface area contributed by atoms with Gasteiger partial charge in [-0.05, 0) is 30.6 Å². The molecule has 0 radical (unpaired) electrons. The van der Waals surface area contributed by atoms with Gasteiger partial charge in [-0.3, -0.25) is 5.43 Å². The van der Waals surface area contributed by atoms with Gasteiger partial charge in [0.15, 0.2) is 0 Å². The lowest BCUT2D eigenvalue weighted by atomic mass is 9.75. The summed E-state index contributed by atoms with van der Waals surface area (Å²) in [6.07, 6.45) is 3.56. The maximum Gasteiger partial charge on any atom is 0.354 e. The molecule has 4 atom stereocenters. The third kappa shape index (κ3) is 3.30. The van der Waals surface area contributed by atoms with Crippen LogP contribution in [0.15, 0.2) is 5.10 Å². The smallest absolute Gasteiger partial charge is 0.354 e. The number of hydrogen-bond donors (Lipinski definition) is 1. The summed E-state index contributed by atoms with van der Waals surface area (Å²) in [5.41, 5.74) is 2.99. The number of nitrogens with zero attached hydrogens (tertiary/aromatic N) is 2. The average Bonchev–Trinajstić information content (AvgIpc) is 2.87. The van der Waals surface area contributed by atoms with E-state index in [1.807, 2.05) is 0 Å². The van der Waals surface area contributed by atoms with Gasteiger partial charge in [0, 0.05) is 6.42 Å². The highest BCUT2D eigenvalue weighted by Crippen LogP contribution is 2.35. The van der Waals surface area contributed by atoms with Crippen molar-refractivity contribution < 1.29 is 9.53 Å². The molecule has 1 aliphatic carbocycles. The van der Waals surface area contributed by atoms with Crippen molar-refractivity contribution in [2.24, 2.45) is 22.9 Å². The van der Waals surface area contributed by atoms with Gasteiger partial charge >= 0.3 is 5.97 Å². The first kappa shape index (κ1) is 14.8. The van der Waals surface area contributed by atoms with E-state index in [2.05, 4.69) is 37.4 Å². The molecule has 0 spiro atoms. The maximum absolute atomic E-state index is 12.1. The molecule has 0 unspecified atom stereocenters. The Hall–Kier alpha value is -1.57. The van der Waals surface area contributed by atoms with Crippen molar-refractivity contribution in [3.8, 4) is 6.07 Å². The van der Waals surface area contributed by atoms with E-state index in [0.717, 1.165) is 12.8 Å². The SMILES string of the molecule is CC(C)[C@@H]1CC[C@@H](C)C[C@H]1OC(=O)C1=NN[C@@H](C#N)C1. The summed E-state index contributed by atoms with van der Waals surface area (Å²) in [7, 11) is 0. The number of carbonyl (C=O) groups excluding carboxylic acids is 1. The summed E-state index contributed by atoms with van der Waals surface area (Å²) < 4.78 is 5.69. The van der Waals surface area contributed by atoms with E-state index < -0.39 is 6.04 Å². The van der Waals surface area contributed by atoms with Gasteiger partial charge in [0.05, 0.1) is 6.07 Å². The molecular weight excluding hydrogens is 254 g/mol. The normalized spacial score (nSPS) is 33.2. The van der Waals surface area contributed by atoms with Gasteiger partial charge in [0.2, 0.25) is 0 Å². The van der Waals surface area contributed by atoms with Crippen LogP contribution < -0.4 is 5.43 Å². The van der Waals surface area contributed by atoms with E-state index in [0.29, 0.717) is 29.9 Å². The number of ether oxygens (including phenoxy) is 1. The summed E-state index contributed by atoms with van der Waals surface area (Å²) >= 11 is 0. The van der Waals surface area contributed by atoms with Crippen LogP contribution in [-0.2, 0) is 9.53 Å². The fourth-order valence-electron chi connectivity index (χ4n) is 3.10. The molecule has 0 amide bonds. The number of hydrogen-bond acceptors (Lipinski definition) is 5. The predicted octanol–water partition coefficient (Wildman–Crippen LogP) is 2.23. The monoisotopic (exact) mass is 277 g/mol. The van der Waals surface area contributed by atoms with Gasteiger partial charge < -0.3 is 4.74 Å². The van der Waals surface area contributed by atoms with Crippen LogP contribution in [0.1, 0.15) is 46.5 Å². The first-order valence-corrected chi connectivity index (χ1v) is 7.44. The van der Waals surface area contributed by atoms with Crippen LogP contribution >= 0.6 is 0 Å². The Morgan fingerprint density at radius 3 is 2.85 bits per heavy atom. The van der Waals surface area contributed by atoms with Gasteiger partial charge in [0.1, 0.15) is 17.9 Å². The predicted molar refractivity (Wildman–Crippen MR) is 75.8 cm³/mol. The number of hydrazone groups is 1. The molecule has 110 valence electrons. The molecule has 1 aliphatic heterocycles. The van der Waals surface area contributed by atoms with E-state index in [9.17, 15) is 4.79 Å². The zero-order valence-corrected chi connectivity index (χ0v) is 12.4. The summed E-state index contributed by atoms with van der Waals surface area (Å²) in [6, 6.07) is 1.65. The molecule has 20 heavy (non-hydrogen) atoms. The van der Waals surface area contributed by atoms with Crippen molar-refractivity contribution in [3.05, 3.63) is 0 Å². The minimum atomic E-state index is -0.399. The van der Waals surface area contributed by atoms with E-state index in [1.165, 1.54) is 6.42 Å². The lowest BCUT2D eigenvalue weighted by Crippen LogP contribution is -2.37. The molecule has 2 rings (SSSR count). The zero-order valence-electron chi connectivity index (χ0n) is 12.4. The van der Waals surface area contributed by atoms with Crippen LogP contribution in [0, 0.1) is 29.1 Å². The second-order valence-corrected chi connectivity index (χ2v) is 6.34. The summed E-state index contributed by atoms with van der Waals surface area (Å²) in [5, 5.41) is 12.7. The average molecular weight is 277 g/mol. The van der Waals surface area contributed by atoms with Gasteiger partial charge in [-0.15, -0.1) is 0 Å². The molecule has 1 heterocycles. The fourth-order valence-corrected chi connectivity index (χ4v) is 3.10. The largest absolute Gasteiger partial charge is 0.458 e. The van der Waals surface area contributed by atoms with Gasteiger partial charge in [-0.25, -0.2) is 4.79 Å². The molecule has 0 aromatic rings. The van der Waals surface area contributed by atoms with Crippen molar-refractivity contribution in [1.29, 1.82) is 5.26 Å². The molecule has 0 bridgehead atoms. The molecule has 5 nitrogen and oxygen atoms in total. The molecule has 1 fully saturated rings. The molecular formula is C15H23N3O2. The van der Waals surface area contributed by atoms with Crippen LogP contribution in [-0.4, -0.2) is 23.8 Å². The minimum Gasteiger partial charge on any atom is -0.458 e. The van der Waals surface area contributed by atoms with Crippen LogP contribution in [0.4, 0.5) is 0 Å². The molecule has 0 aromatic heterocycles. The molecule has 1 saturated carbocycles. The van der Waals surface area contributed by atoms with E-state index in [-0.39, 0.29) is 12.1 Å². The van der Waals surface area contributed by atoms with Crippen molar-refractivity contribution in [1.82, 2.24) is 5.43 Å². The highest BCUT2D eigenvalue weighted by atomic mass is 16.5. The molecule has 0 saturated heterocycles. The van der Waals surface area contributed by atoms with E-state index >= 15 is 0 Å². The lowest BCUT2D eigenvalue weighted by Gasteiger charge is -2.36. The maximum atomic E-state index is 12.1.